The van der Waals surface area contributed by atoms with Crippen molar-refractivity contribution in [3.63, 3.8) is 0 Å². The zero-order valence-corrected chi connectivity index (χ0v) is 17.4. The van der Waals surface area contributed by atoms with Gasteiger partial charge in [-0.15, -0.1) is 11.3 Å². The summed E-state index contributed by atoms with van der Waals surface area (Å²) in [6.45, 7) is 2.75. The quantitative estimate of drug-likeness (QED) is 0.430. The second kappa shape index (κ2) is 9.73. The molecule has 0 saturated heterocycles. The largest absolute Gasteiger partial charge is 0.494 e. The molecule has 3 rings (SSSR count). The Hall–Kier alpha value is -2.34. The second-order valence-corrected chi connectivity index (χ2v) is 7.60. The molecule has 1 N–H and O–H groups in total. The SMILES string of the molecule is CCCOc1ccc(C=CC(=O)Nc2nc(-c3ccc(Cl)cc3Cl)cs2)cc1. The average molecular weight is 433 g/mol. The van der Waals surface area contributed by atoms with Crippen molar-refractivity contribution in [2.24, 2.45) is 0 Å². The third-order valence-corrected chi connectivity index (χ3v) is 5.03. The average Bonchev–Trinajstić information content (AvgIpc) is 3.13. The maximum atomic E-state index is 12.2. The van der Waals surface area contributed by atoms with Gasteiger partial charge in [0.1, 0.15) is 5.75 Å². The molecule has 1 heterocycles. The minimum atomic E-state index is -0.255. The molecule has 0 atom stereocenters. The van der Waals surface area contributed by atoms with Crippen LogP contribution in [0.1, 0.15) is 18.9 Å². The van der Waals surface area contributed by atoms with Crippen molar-refractivity contribution >= 4 is 51.7 Å². The van der Waals surface area contributed by atoms with Crippen LogP contribution in [0.2, 0.25) is 10.0 Å². The van der Waals surface area contributed by atoms with E-state index in [4.69, 9.17) is 27.9 Å². The standard InChI is InChI=1S/C21H18Cl2N2O2S/c1-2-11-27-16-7-3-14(4-8-16)5-10-20(26)25-21-24-19(13-28-21)17-9-6-15(22)12-18(17)23/h3-10,12-13H,2,11H2,1H3,(H,24,25,26). The van der Waals surface area contributed by atoms with Crippen LogP contribution < -0.4 is 10.1 Å². The number of rotatable bonds is 7. The number of hydrogen-bond donors (Lipinski definition) is 1. The zero-order chi connectivity index (χ0) is 19.9. The Morgan fingerprint density at radius 2 is 2.00 bits per heavy atom. The molecule has 0 saturated carbocycles. The molecule has 0 spiro atoms. The summed E-state index contributed by atoms with van der Waals surface area (Å²) in [7, 11) is 0. The Morgan fingerprint density at radius 1 is 1.21 bits per heavy atom. The summed E-state index contributed by atoms with van der Waals surface area (Å²) in [5, 5.41) is 6.17. The van der Waals surface area contributed by atoms with Crippen LogP contribution in [-0.2, 0) is 4.79 Å². The van der Waals surface area contributed by atoms with Gasteiger partial charge in [-0.3, -0.25) is 10.1 Å². The topological polar surface area (TPSA) is 51.2 Å². The molecule has 0 fully saturated rings. The Labute approximate surface area is 177 Å². The number of thiazole rings is 1. The molecule has 0 aliphatic heterocycles. The van der Waals surface area contributed by atoms with Crippen molar-refractivity contribution in [1.82, 2.24) is 4.98 Å². The molecular weight excluding hydrogens is 415 g/mol. The second-order valence-electron chi connectivity index (χ2n) is 5.90. The predicted octanol–water partition coefficient (Wildman–Crippen LogP) is 6.56. The Bertz CT molecular complexity index is 984. The van der Waals surface area contributed by atoms with Crippen LogP contribution in [0.25, 0.3) is 17.3 Å². The minimum absolute atomic E-state index is 0.255. The van der Waals surface area contributed by atoms with Gasteiger partial charge in [-0.2, -0.15) is 0 Å². The van der Waals surface area contributed by atoms with Gasteiger partial charge < -0.3 is 4.74 Å². The summed E-state index contributed by atoms with van der Waals surface area (Å²) in [6, 6.07) is 12.8. The number of ether oxygens (including phenoxy) is 1. The lowest BCUT2D eigenvalue weighted by Crippen LogP contribution is -2.07. The lowest BCUT2D eigenvalue weighted by atomic mass is 10.2. The van der Waals surface area contributed by atoms with Crippen LogP contribution in [0.3, 0.4) is 0 Å². The van der Waals surface area contributed by atoms with E-state index in [0.29, 0.717) is 27.5 Å². The van der Waals surface area contributed by atoms with Gasteiger partial charge in [0.25, 0.3) is 0 Å². The van der Waals surface area contributed by atoms with Crippen molar-refractivity contribution in [3.8, 4) is 17.0 Å². The fraction of sp³-hybridized carbons (Fsp3) is 0.143. The summed E-state index contributed by atoms with van der Waals surface area (Å²) >= 11 is 13.5. The van der Waals surface area contributed by atoms with Gasteiger partial charge >= 0.3 is 0 Å². The number of benzene rings is 2. The van der Waals surface area contributed by atoms with Crippen LogP contribution in [0.5, 0.6) is 5.75 Å². The predicted molar refractivity (Wildman–Crippen MR) is 117 cm³/mol. The highest BCUT2D eigenvalue weighted by molar-refractivity contribution is 7.14. The number of aromatic nitrogens is 1. The van der Waals surface area contributed by atoms with E-state index in [1.807, 2.05) is 29.6 Å². The first-order chi connectivity index (χ1) is 13.5. The molecule has 144 valence electrons. The van der Waals surface area contributed by atoms with Gasteiger partial charge in [0, 0.05) is 22.0 Å². The number of carbonyl (C=O) groups excluding carboxylic acids is 1. The first-order valence-electron chi connectivity index (χ1n) is 8.68. The maximum Gasteiger partial charge on any atom is 0.250 e. The fourth-order valence-electron chi connectivity index (χ4n) is 2.37. The minimum Gasteiger partial charge on any atom is -0.494 e. The highest BCUT2D eigenvalue weighted by Gasteiger charge is 2.10. The number of amides is 1. The molecule has 0 unspecified atom stereocenters. The zero-order valence-electron chi connectivity index (χ0n) is 15.1. The van der Waals surface area contributed by atoms with E-state index in [0.717, 1.165) is 23.3 Å². The van der Waals surface area contributed by atoms with Crippen molar-refractivity contribution in [2.75, 3.05) is 11.9 Å². The Balaban J connectivity index is 1.60. The van der Waals surface area contributed by atoms with Gasteiger partial charge in [-0.25, -0.2) is 4.98 Å². The maximum absolute atomic E-state index is 12.2. The normalized spacial score (nSPS) is 11.0. The molecular formula is C21H18Cl2N2O2S. The van der Waals surface area contributed by atoms with E-state index in [1.54, 1.807) is 24.3 Å². The van der Waals surface area contributed by atoms with E-state index < -0.39 is 0 Å². The van der Waals surface area contributed by atoms with Gasteiger partial charge in [-0.1, -0.05) is 42.3 Å². The molecule has 0 aliphatic rings. The first-order valence-corrected chi connectivity index (χ1v) is 10.3. The molecule has 4 nitrogen and oxygen atoms in total. The van der Waals surface area contributed by atoms with Gasteiger partial charge in [0.15, 0.2) is 5.13 Å². The van der Waals surface area contributed by atoms with E-state index in [-0.39, 0.29) is 5.91 Å². The third kappa shape index (κ3) is 5.58. The number of nitrogens with one attached hydrogen (secondary N) is 1. The van der Waals surface area contributed by atoms with Gasteiger partial charge in [-0.05, 0) is 48.4 Å². The fourth-order valence-corrected chi connectivity index (χ4v) is 3.58. The number of hydrogen-bond acceptors (Lipinski definition) is 4. The molecule has 0 aliphatic carbocycles. The van der Waals surface area contributed by atoms with Crippen LogP contribution in [0, 0.1) is 0 Å². The molecule has 2 aromatic carbocycles. The van der Waals surface area contributed by atoms with Crippen LogP contribution in [-0.4, -0.2) is 17.5 Å². The first kappa shape index (κ1) is 20.4. The summed E-state index contributed by atoms with van der Waals surface area (Å²) in [5.74, 6) is 0.564. The monoisotopic (exact) mass is 432 g/mol. The highest BCUT2D eigenvalue weighted by atomic mass is 35.5. The van der Waals surface area contributed by atoms with Crippen molar-refractivity contribution < 1.29 is 9.53 Å². The molecule has 28 heavy (non-hydrogen) atoms. The Morgan fingerprint density at radius 3 is 2.71 bits per heavy atom. The van der Waals surface area contributed by atoms with E-state index in [9.17, 15) is 4.79 Å². The van der Waals surface area contributed by atoms with Gasteiger partial charge in [0.05, 0.1) is 17.3 Å². The van der Waals surface area contributed by atoms with Crippen molar-refractivity contribution in [2.45, 2.75) is 13.3 Å². The number of halogens is 2. The molecule has 0 radical (unpaired) electrons. The molecule has 1 aromatic heterocycles. The molecule has 1 amide bonds. The van der Waals surface area contributed by atoms with E-state index in [2.05, 4.69) is 17.2 Å². The summed E-state index contributed by atoms with van der Waals surface area (Å²) < 4.78 is 5.54. The van der Waals surface area contributed by atoms with E-state index in [1.165, 1.54) is 17.4 Å². The van der Waals surface area contributed by atoms with E-state index >= 15 is 0 Å². The van der Waals surface area contributed by atoms with Crippen LogP contribution in [0.4, 0.5) is 5.13 Å². The number of anilines is 1. The lowest BCUT2D eigenvalue weighted by Gasteiger charge is -2.04. The molecule has 3 aromatic rings. The van der Waals surface area contributed by atoms with Crippen LogP contribution in [0.15, 0.2) is 53.9 Å². The van der Waals surface area contributed by atoms with Crippen LogP contribution >= 0.6 is 34.5 Å². The summed E-state index contributed by atoms with van der Waals surface area (Å²) in [4.78, 5) is 16.6. The van der Waals surface area contributed by atoms with Crippen molar-refractivity contribution in [3.05, 3.63) is 69.5 Å². The molecule has 0 bridgehead atoms. The summed E-state index contributed by atoms with van der Waals surface area (Å²) in [6.07, 6.45) is 4.17. The Kier molecular flexibility index (Phi) is 7.09. The number of nitrogens with zero attached hydrogens (tertiary/aromatic N) is 1. The highest BCUT2D eigenvalue weighted by Crippen LogP contribution is 2.32. The molecule has 7 heteroatoms. The van der Waals surface area contributed by atoms with Crippen molar-refractivity contribution in [1.29, 1.82) is 0 Å². The lowest BCUT2D eigenvalue weighted by molar-refractivity contribution is -0.111. The smallest absolute Gasteiger partial charge is 0.250 e. The van der Waals surface area contributed by atoms with Gasteiger partial charge in [0.2, 0.25) is 5.91 Å². The third-order valence-electron chi connectivity index (χ3n) is 3.72. The summed E-state index contributed by atoms with van der Waals surface area (Å²) in [5.41, 5.74) is 2.36. The number of carbonyl (C=O) groups is 1.